The summed E-state index contributed by atoms with van der Waals surface area (Å²) in [6.45, 7) is 7.02. The molecule has 1 saturated heterocycles. The largest absolute Gasteiger partial charge is 0.349 e. The first-order valence-corrected chi connectivity index (χ1v) is 6.19. The van der Waals surface area contributed by atoms with E-state index in [1.54, 1.807) is 12.3 Å². The van der Waals surface area contributed by atoms with Crippen molar-refractivity contribution in [1.82, 2.24) is 15.3 Å². The van der Waals surface area contributed by atoms with Crippen LogP contribution < -0.4 is 10.2 Å². The van der Waals surface area contributed by atoms with Crippen molar-refractivity contribution in [3.05, 3.63) is 18.0 Å². The SMILES string of the molecule is CC(C)(C)C(=O)NC1CN(c2nccc(C#N)n2)C1. The number of hydrogen-bond donors (Lipinski definition) is 1. The number of rotatable bonds is 2. The molecule has 19 heavy (non-hydrogen) atoms. The van der Waals surface area contributed by atoms with Gasteiger partial charge >= 0.3 is 0 Å². The van der Waals surface area contributed by atoms with E-state index >= 15 is 0 Å². The molecule has 0 saturated carbocycles. The summed E-state index contributed by atoms with van der Waals surface area (Å²) in [6.07, 6.45) is 1.57. The maximum absolute atomic E-state index is 11.8. The van der Waals surface area contributed by atoms with Crippen molar-refractivity contribution in [3.63, 3.8) is 0 Å². The minimum Gasteiger partial charge on any atom is -0.349 e. The molecule has 0 bridgehead atoms. The summed E-state index contributed by atoms with van der Waals surface area (Å²) in [5.41, 5.74) is -0.0235. The average molecular weight is 259 g/mol. The molecule has 6 nitrogen and oxygen atoms in total. The average Bonchev–Trinajstić information content (AvgIpc) is 2.31. The number of carbonyl (C=O) groups excluding carboxylic acids is 1. The number of anilines is 1. The number of amides is 1. The summed E-state index contributed by atoms with van der Waals surface area (Å²) in [6, 6.07) is 3.68. The van der Waals surface area contributed by atoms with E-state index in [-0.39, 0.29) is 17.4 Å². The summed E-state index contributed by atoms with van der Waals surface area (Å²) in [7, 11) is 0. The first kappa shape index (κ1) is 13.3. The summed E-state index contributed by atoms with van der Waals surface area (Å²) in [5, 5.41) is 11.8. The van der Waals surface area contributed by atoms with E-state index in [1.807, 2.05) is 31.7 Å². The molecule has 0 spiro atoms. The van der Waals surface area contributed by atoms with E-state index in [2.05, 4.69) is 15.3 Å². The maximum atomic E-state index is 11.8. The normalized spacial score (nSPS) is 15.6. The fourth-order valence-corrected chi connectivity index (χ4v) is 1.70. The molecule has 0 atom stereocenters. The maximum Gasteiger partial charge on any atom is 0.226 e. The van der Waals surface area contributed by atoms with Crippen molar-refractivity contribution in [2.45, 2.75) is 26.8 Å². The minimum atomic E-state index is -0.377. The standard InChI is InChI=1S/C13H17N5O/c1-13(2,3)11(19)16-10-7-18(8-10)12-15-5-4-9(6-14)17-12/h4-5,10H,7-8H2,1-3H3,(H,16,19). The van der Waals surface area contributed by atoms with Gasteiger partial charge < -0.3 is 10.2 Å². The molecule has 2 heterocycles. The topological polar surface area (TPSA) is 81.9 Å². The van der Waals surface area contributed by atoms with Gasteiger partial charge in [0.05, 0.1) is 6.04 Å². The lowest BCUT2D eigenvalue weighted by Gasteiger charge is -2.40. The minimum absolute atomic E-state index is 0.0452. The smallest absolute Gasteiger partial charge is 0.226 e. The third-order valence-corrected chi connectivity index (χ3v) is 2.94. The highest BCUT2D eigenvalue weighted by atomic mass is 16.2. The van der Waals surface area contributed by atoms with Crippen LogP contribution in [0.15, 0.2) is 12.3 Å². The molecular weight excluding hydrogens is 242 g/mol. The first-order valence-electron chi connectivity index (χ1n) is 6.19. The van der Waals surface area contributed by atoms with Crippen molar-refractivity contribution in [2.75, 3.05) is 18.0 Å². The van der Waals surface area contributed by atoms with Gasteiger partial charge in [-0.15, -0.1) is 0 Å². The molecule has 6 heteroatoms. The van der Waals surface area contributed by atoms with Gasteiger partial charge in [-0.2, -0.15) is 5.26 Å². The lowest BCUT2D eigenvalue weighted by Crippen LogP contribution is -2.61. The molecule has 1 amide bonds. The summed E-state index contributed by atoms with van der Waals surface area (Å²) in [4.78, 5) is 22.0. The Kier molecular flexibility index (Phi) is 3.38. The Balaban J connectivity index is 1.90. The molecule has 0 aromatic carbocycles. The van der Waals surface area contributed by atoms with Crippen molar-refractivity contribution < 1.29 is 4.79 Å². The monoisotopic (exact) mass is 259 g/mol. The fourth-order valence-electron chi connectivity index (χ4n) is 1.70. The fraction of sp³-hybridized carbons (Fsp3) is 0.538. The van der Waals surface area contributed by atoms with E-state index in [1.165, 1.54) is 0 Å². The molecule has 1 aliphatic heterocycles. The molecule has 1 fully saturated rings. The van der Waals surface area contributed by atoms with Gasteiger partial charge in [0.2, 0.25) is 11.9 Å². The number of carbonyl (C=O) groups is 1. The molecule has 1 aromatic rings. The van der Waals surface area contributed by atoms with E-state index in [0.29, 0.717) is 24.7 Å². The van der Waals surface area contributed by atoms with E-state index < -0.39 is 0 Å². The van der Waals surface area contributed by atoms with Gasteiger partial charge in [-0.05, 0) is 6.07 Å². The van der Waals surface area contributed by atoms with Crippen molar-refractivity contribution in [3.8, 4) is 6.07 Å². The number of nitrogens with one attached hydrogen (secondary N) is 1. The Bertz CT molecular complexity index is 523. The van der Waals surface area contributed by atoms with Crippen LogP contribution in [-0.2, 0) is 4.79 Å². The van der Waals surface area contributed by atoms with Crippen LogP contribution in [0.25, 0.3) is 0 Å². The second kappa shape index (κ2) is 4.84. The molecule has 1 aliphatic rings. The molecule has 1 N–H and O–H groups in total. The third kappa shape index (κ3) is 2.99. The second-order valence-corrected chi connectivity index (χ2v) is 5.68. The van der Waals surface area contributed by atoms with Crippen molar-refractivity contribution in [1.29, 1.82) is 5.26 Å². The van der Waals surface area contributed by atoms with Gasteiger partial charge in [0.25, 0.3) is 0 Å². The van der Waals surface area contributed by atoms with Crippen LogP contribution in [0.3, 0.4) is 0 Å². The van der Waals surface area contributed by atoms with Crippen LogP contribution in [0.2, 0.25) is 0 Å². The van der Waals surface area contributed by atoms with Crippen LogP contribution >= 0.6 is 0 Å². The highest BCUT2D eigenvalue weighted by molar-refractivity contribution is 5.81. The molecule has 2 rings (SSSR count). The number of nitrogens with zero attached hydrogens (tertiary/aromatic N) is 4. The summed E-state index contributed by atoms with van der Waals surface area (Å²) >= 11 is 0. The molecule has 1 aromatic heterocycles. The molecular formula is C13H17N5O. The quantitative estimate of drug-likeness (QED) is 0.845. The second-order valence-electron chi connectivity index (χ2n) is 5.68. The van der Waals surface area contributed by atoms with Crippen LogP contribution in [0.5, 0.6) is 0 Å². The zero-order valence-electron chi connectivity index (χ0n) is 11.3. The number of aromatic nitrogens is 2. The zero-order valence-corrected chi connectivity index (χ0v) is 11.3. The van der Waals surface area contributed by atoms with Gasteiger partial charge in [-0.25, -0.2) is 9.97 Å². The predicted molar refractivity (Wildman–Crippen MR) is 70.3 cm³/mol. The van der Waals surface area contributed by atoms with Crippen LogP contribution in [0, 0.1) is 16.7 Å². The van der Waals surface area contributed by atoms with Crippen molar-refractivity contribution in [2.24, 2.45) is 5.41 Å². The lowest BCUT2D eigenvalue weighted by atomic mass is 9.94. The Hall–Kier alpha value is -2.16. The number of nitriles is 1. The Labute approximate surface area is 112 Å². The van der Waals surface area contributed by atoms with Crippen LogP contribution in [-0.4, -0.2) is 35.0 Å². The van der Waals surface area contributed by atoms with Crippen molar-refractivity contribution >= 4 is 11.9 Å². The van der Waals surface area contributed by atoms with E-state index in [9.17, 15) is 4.79 Å². The molecule has 0 radical (unpaired) electrons. The Morgan fingerprint density at radius 3 is 2.79 bits per heavy atom. The Morgan fingerprint density at radius 1 is 1.53 bits per heavy atom. The highest BCUT2D eigenvalue weighted by Crippen LogP contribution is 2.18. The summed E-state index contributed by atoms with van der Waals surface area (Å²) in [5.74, 6) is 0.587. The van der Waals surface area contributed by atoms with Crippen LogP contribution in [0.4, 0.5) is 5.95 Å². The summed E-state index contributed by atoms with van der Waals surface area (Å²) < 4.78 is 0. The van der Waals surface area contributed by atoms with E-state index in [4.69, 9.17) is 5.26 Å². The van der Waals surface area contributed by atoms with Gasteiger partial charge in [0.1, 0.15) is 11.8 Å². The van der Waals surface area contributed by atoms with Crippen LogP contribution in [0.1, 0.15) is 26.5 Å². The zero-order chi connectivity index (χ0) is 14.0. The molecule has 0 unspecified atom stereocenters. The molecule has 0 aliphatic carbocycles. The van der Waals surface area contributed by atoms with Gasteiger partial charge in [0, 0.05) is 24.7 Å². The Morgan fingerprint density at radius 2 is 2.21 bits per heavy atom. The lowest BCUT2D eigenvalue weighted by molar-refractivity contribution is -0.129. The molecule has 100 valence electrons. The first-order chi connectivity index (χ1) is 8.90. The number of hydrogen-bond acceptors (Lipinski definition) is 5. The van der Waals surface area contributed by atoms with E-state index in [0.717, 1.165) is 0 Å². The highest BCUT2D eigenvalue weighted by Gasteiger charge is 2.32. The van der Waals surface area contributed by atoms with Gasteiger partial charge in [-0.1, -0.05) is 20.8 Å². The van der Waals surface area contributed by atoms with Gasteiger partial charge in [-0.3, -0.25) is 4.79 Å². The van der Waals surface area contributed by atoms with Gasteiger partial charge in [0.15, 0.2) is 0 Å². The predicted octanol–water partition coefficient (Wildman–Crippen LogP) is 0.699. The third-order valence-electron chi connectivity index (χ3n) is 2.94.